The van der Waals surface area contributed by atoms with Crippen LogP contribution >= 0.6 is 0 Å². The Balaban J connectivity index is 1.49. The van der Waals surface area contributed by atoms with Crippen molar-refractivity contribution in [3.8, 4) is 11.3 Å². The largest absolute Gasteiger partial charge is 0.354 e. The summed E-state index contributed by atoms with van der Waals surface area (Å²) < 4.78 is 1.86. The van der Waals surface area contributed by atoms with E-state index in [1.54, 1.807) is 12.4 Å². The molecule has 0 fully saturated rings. The van der Waals surface area contributed by atoms with Gasteiger partial charge in [0.1, 0.15) is 0 Å². The lowest BCUT2D eigenvalue weighted by Crippen LogP contribution is -2.33. The van der Waals surface area contributed by atoms with Crippen molar-refractivity contribution in [2.75, 3.05) is 6.54 Å². The fourth-order valence-corrected chi connectivity index (χ4v) is 2.63. The van der Waals surface area contributed by atoms with Gasteiger partial charge in [-0.15, -0.1) is 0 Å². The number of rotatable bonds is 5. The first-order chi connectivity index (χ1) is 10.8. The highest BCUT2D eigenvalue weighted by Gasteiger charge is 2.17. The van der Waals surface area contributed by atoms with Gasteiger partial charge in [0, 0.05) is 36.6 Å². The van der Waals surface area contributed by atoms with Gasteiger partial charge in [-0.1, -0.05) is 12.2 Å². The Labute approximate surface area is 130 Å². The van der Waals surface area contributed by atoms with Crippen molar-refractivity contribution in [3.05, 3.63) is 48.9 Å². The third kappa shape index (κ3) is 3.61. The lowest BCUT2D eigenvalue weighted by molar-refractivity contribution is -0.125. The molecule has 3 rings (SSSR count). The molecule has 2 aromatic rings. The second kappa shape index (κ2) is 7.02. The standard InChI is InChI=1S/C17H20N4O/c22-17(15-4-2-1-3-5-15)19-11-13-21-12-8-16(20-21)14-6-9-18-10-7-14/h1-2,6-10,12,15H,3-5,11,13H2,(H,19,22)/t15-/m0/s1. The molecule has 5 heteroatoms. The molecule has 1 amide bonds. The van der Waals surface area contributed by atoms with Crippen LogP contribution in [0.5, 0.6) is 0 Å². The van der Waals surface area contributed by atoms with Crippen LogP contribution in [0.4, 0.5) is 0 Å². The van der Waals surface area contributed by atoms with E-state index in [9.17, 15) is 4.79 Å². The van der Waals surface area contributed by atoms with Crippen LogP contribution in [0.15, 0.2) is 48.9 Å². The van der Waals surface area contributed by atoms with E-state index >= 15 is 0 Å². The lowest BCUT2D eigenvalue weighted by atomic mass is 9.94. The molecule has 1 aliphatic rings. The molecule has 0 aliphatic heterocycles. The van der Waals surface area contributed by atoms with E-state index in [0.717, 1.165) is 30.5 Å². The van der Waals surface area contributed by atoms with Crippen LogP contribution in [0.2, 0.25) is 0 Å². The number of amides is 1. The molecule has 1 atom stereocenters. The molecule has 0 radical (unpaired) electrons. The minimum absolute atomic E-state index is 0.134. The first-order valence-corrected chi connectivity index (χ1v) is 7.69. The van der Waals surface area contributed by atoms with Gasteiger partial charge in [0.05, 0.1) is 12.2 Å². The van der Waals surface area contributed by atoms with Crippen molar-refractivity contribution in [1.29, 1.82) is 0 Å². The molecule has 0 unspecified atom stereocenters. The van der Waals surface area contributed by atoms with Gasteiger partial charge in [0.2, 0.25) is 5.91 Å². The van der Waals surface area contributed by atoms with Gasteiger partial charge in [-0.3, -0.25) is 14.5 Å². The Morgan fingerprint density at radius 3 is 2.91 bits per heavy atom. The summed E-state index contributed by atoms with van der Waals surface area (Å²) in [7, 11) is 0. The van der Waals surface area contributed by atoms with Crippen molar-refractivity contribution >= 4 is 5.91 Å². The number of carbonyl (C=O) groups is 1. The highest BCUT2D eigenvalue weighted by atomic mass is 16.1. The fraction of sp³-hybridized carbons (Fsp3) is 0.353. The van der Waals surface area contributed by atoms with Gasteiger partial charge in [-0.05, 0) is 37.5 Å². The number of carbonyl (C=O) groups excluding carboxylic acids is 1. The summed E-state index contributed by atoms with van der Waals surface area (Å²) in [6.07, 6.45) is 12.5. The minimum Gasteiger partial charge on any atom is -0.354 e. The maximum Gasteiger partial charge on any atom is 0.223 e. The van der Waals surface area contributed by atoms with Crippen LogP contribution in [0, 0.1) is 5.92 Å². The van der Waals surface area contributed by atoms with Crippen LogP contribution in [-0.2, 0) is 11.3 Å². The Morgan fingerprint density at radius 2 is 2.14 bits per heavy atom. The fourth-order valence-electron chi connectivity index (χ4n) is 2.63. The average molecular weight is 296 g/mol. The highest BCUT2D eigenvalue weighted by molar-refractivity contribution is 5.78. The predicted octanol–water partition coefficient (Wildman–Crippen LogP) is 2.42. The first-order valence-electron chi connectivity index (χ1n) is 7.69. The number of nitrogens with zero attached hydrogens (tertiary/aromatic N) is 3. The molecule has 2 heterocycles. The molecule has 0 saturated carbocycles. The van der Waals surface area contributed by atoms with E-state index in [1.165, 1.54) is 0 Å². The number of hydrogen-bond donors (Lipinski definition) is 1. The van der Waals surface area contributed by atoms with E-state index in [0.29, 0.717) is 13.1 Å². The Kier molecular flexibility index (Phi) is 4.63. The van der Waals surface area contributed by atoms with Crippen molar-refractivity contribution < 1.29 is 4.79 Å². The Hall–Kier alpha value is -2.43. The van der Waals surface area contributed by atoms with Crippen LogP contribution in [0.25, 0.3) is 11.3 Å². The topological polar surface area (TPSA) is 59.8 Å². The summed E-state index contributed by atoms with van der Waals surface area (Å²) in [6.45, 7) is 1.29. The molecule has 22 heavy (non-hydrogen) atoms. The highest BCUT2D eigenvalue weighted by Crippen LogP contribution is 2.18. The van der Waals surface area contributed by atoms with E-state index < -0.39 is 0 Å². The van der Waals surface area contributed by atoms with E-state index in [2.05, 4.69) is 27.6 Å². The maximum atomic E-state index is 12.0. The Bertz CT molecular complexity index is 648. The quantitative estimate of drug-likeness (QED) is 0.862. The first kappa shape index (κ1) is 14.5. The molecular formula is C17H20N4O. The summed E-state index contributed by atoms with van der Waals surface area (Å²) in [4.78, 5) is 16.0. The zero-order chi connectivity index (χ0) is 15.2. The van der Waals surface area contributed by atoms with Crippen LogP contribution in [-0.4, -0.2) is 27.2 Å². The van der Waals surface area contributed by atoms with E-state index in [-0.39, 0.29) is 11.8 Å². The van der Waals surface area contributed by atoms with Crippen LogP contribution in [0.3, 0.4) is 0 Å². The number of pyridine rings is 1. The smallest absolute Gasteiger partial charge is 0.223 e. The number of aromatic nitrogens is 3. The van der Waals surface area contributed by atoms with Gasteiger partial charge in [0.25, 0.3) is 0 Å². The second-order valence-electron chi connectivity index (χ2n) is 5.47. The second-order valence-corrected chi connectivity index (χ2v) is 5.47. The molecule has 0 aromatic carbocycles. The zero-order valence-electron chi connectivity index (χ0n) is 12.5. The van der Waals surface area contributed by atoms with Crippen molar-refractivity contribution in [1.82, 2.24) is 20.1 Å². The number of allylic oxidation sites excluding steroid dienone is 2. The molecule has 114 valence electrons. The molecule has 5 nitrogen and oxygen atoms in total. The van der Waals surface area contributed by atoms with Gasteiger partial charge >= 0.3 is 0 Å². The van der Waals surface area contributed by atoms with Gasteiger partial charge in [-0.2, -0.15) is 5.10 Å². The summed E-state index contributed by atoms with van der Waals surface area (Å²) in [6, 6.07) is 5.85. The molecule has 1 aliphatic carbocycles. The third-order valence-corrected chi connectivity index (χ3v) is 3.90. The van der Waals surface area contributed by atoms with Gasteiger partial charge in [-0.25, -0.2) is 0 Å². The molecular weight excluding hydrogens is 276 g/mol. The van der Waals surface area contributed by atoms with Crippen molar-refractivity contribution in [2.45, 2.75) is 25.8 Å². The van der Waals surface area contributed by atoms with Crippen molar-refractivity contribution in [2.24, 2.45) is 5.92 Å². The third-order valence-electron chi connectivity index (χ3n) is 3.90. The monoisotopic (exact) mass is 296 g/mol. The normalized spacial score (nSPS) is 17.4. The predicted molar refractivity (Wildman–Crippen MR) is 84.9 cm³/mol. The van der Waals surface area contributed by atoms with Gasteiger partial charge < -0.3 is 5.32 Å². The SMILES string of the molecule is O=C(NCCn1ccc(-c2ccncc2)n1)[C@H]1CC=CCC1. The summed E-state index contributed by atoms with van der Waals surface area (Å²) in [5.41, 5.74) is 1.97. The number of nitrogens with one attached hydrogen (secondary N) is 1. The summed E-state index contributed by atoms with van der Waals surface area (Å²) in [5, 5.41) is 7.52. The molecule has 0 spiro atoms. The molecule has 0 saturated heterocycles. The summed E-state index contributed by atoms with van der Waals surface area (Å²) in [5.74, 6) is 0.292. The average Bonchev–Trinajstić information content (AvgIpc) is 3.05. The van der Waals surface area contributed by atoms with Crippen molar-refractivity contribution in [3.63, 3.8) is 0 Å². The van der Waals surface area contributed by atoms with Crippen LogP contribution < -0.4 is 5.32 Å². The molecule has 0 bridgehead atoms. The minimum atomic E-state index is 0.134. The molecule has 2 aromatic heterocycles. The van der Waals surface area contributed by atoms with E-state index in [4.69, 9.17) is 0 Å². The Morgan fingerprint density at radius 1 is 1.27 bits per heavy atom. The number of hydrogen-bond acceptors (Lipinski definition) is 3. The zero-order valence-corrected chi connectivity index (χ0v) is 12.5. The lowest BCUT2D eigenvalue weighted by Gasteiger charge is -2.17. The van der Waals surface area contributed by atoms with Gasteiger partial charge in [0.15, 0.2) is 0 Å². The van der Waals surface area contributed by atoms with E-state index in [1.807, 2.05) is 29.1 Å². The maximum absolute atomic E-state index is 12.0. The molecule has 1 N–H and O–H groups in total. The van der Waals surface area contributed by atoms with Crippen LogP contribution in [0.1, 0.15) is 19.3 Å². The summed E-state index contributed by atoms with van der Waals surface area (Å²) >= 11 is 0.